The van der Waals surface area contributed by atoms with Crippen molar-refractivity contribution in [3.05, 3.63) is 65.4 Å². The number of ether oxygens (including phenoxy) is 1. The number of hydrogen-bond acceptors (Lipinski definition) is 4. The Morgan fingerprint density at radius 2 is 1.70 bits per heavy atom. The van der Waals surface area contributed by atoms with Gasteiger partial charge in [0.25, 0.3) is 5.91 Å². The third-order valence-corrected chi connectivity index (χ3v) is 5.42. The third-order valence-electron chi connectivity index (χ3n) is 5.42. The lowest BCUT2D eigenvalue weighted by Crippen LogP contribution is -2.40. The number of amides is 2. The lowest BCUT2D eigenvalue weighted by molar-refractivity contribution is -0.116. The van der Waals surface area contributed by atoms with Gasteiger partial charge in [0.15, 0.2) is 0 Å². The number of para-hydroxylation sites is 1. The van der Waals surface area contributed by atoms with Crippen LogP contribution in [-0.4, -0.2) is 43.0 Å². The Kier molecular flexibility index (Phi) is 6.14. The second kappa shape index (κ2) is 9.13. The fourth-order valence-corrected chi connectivity index (χ4v) is 3.63. The van der Waals surface area contributed by atoms with Crippen LogP contribution in [0.4, 0.5) is 5.69 Å². The Morgan fingerprint density at radius 3 is 2.43 bits per heavy atom. The molecule has 1 aromatic heterocycles. The normalized spacial score (nSPS) is 14.1. The summed E-state index contributed by atoms with van der Waals surface area (Å²) in [6.45, 7) is 4.15. The molecule has 30 heavy (non-hydrogen) atoms. The van der Waals surface area contributed by atoms with E-state index >= 15 is 0 Å². The summed E-state index contributed by atoms with van der Waals surface area (Å²) in [6.07, 6.45) is 1.96. The Morgan fingerprint density at radius 1 is 1.00 bits per heavy atom. The van der Waals surface area contributed by atoms with E-state index in [4.69, 9.17) is 9.15 Å². The van der Waals surface area contributed by atoms with E-state index in [9.17, 15) is 9.59 Å². The Labute approximate surface area is 175 Å². The fraction of sp³-hybridized carbons (Fsp3) is 0.333. The van der Waals surface area contributed by atoms with Crippen LogP contribution in [0.5, 0.6) is 0 Å². The third kappa shape index (κ3) is 4.39. The van der Waals surface area contributed by atoms with Crippen molar-refractivity contribution in [2.45, 2.75) is 26.2 Å². The summed E-state index contributed by atoms with van der Waals surface area (Å²) in [5, 5.41) is 3.67. The zero-order valence-corrected chi connectivity index (χ0v) is 17.1. The largest absolute Gasteiger partial charge is 0.449 e. The van der Waals surface area contributed by atoms with Gasteiger partial charge in [0, 0.05) is 24.9 Å². The highest BCUT2D eigenvalue weighted by atomic mass is 16.5. The quantitative estimate of drug-likeness (QED) is 0.671. The molecule has 0 radical (unpaired) electrons. The van der Waals surface area contributed by atoms with Gasteiger partial charge in [-0.25, -0.2) is 0 Å². The van der Waals surface area contributed by atoms with E-state index in [-0.39, 0.29) is 17.6 Å². The molecule has 6 heteroatoms. The van der Waals surface area contributed by atoms with Crippen LogP contribution in [0.15, 0.2) is 52.9 Å². The highest BCUT2D eigenvalue weighted by Gasteiger charge is 2.27. The van der Waals surface area contributed by atoms with Crippen molar-refractivity contribution in [2.75, 3.05) is 31.6 Å². The molecule has 0 unspecified atom stereocenters. The van der Waals surface area contributed by atoms with E-state index in [0.29, 0.717) is 50.4 Å². The molecule has 4 rings (SSSR count). The monoisotopic (exact) mass is 406 g/mol. The number of carbonyl (C=O) groups excluding carboxylic acids is 2. The number of rotatable bonds is 6. The standard InChI is InChI=1S/C24H26N2O4/c1-2-17-7-9-18(10-8-17)11-12-21(27)25-22-19-5-3-4-6-20(19)30-23(22)24(28)26-13-15-29-16-14-26/h3-10H,2,11-16H2,1H3,(H,25,27). The maximum absolute atomic E-state index is 13.0. The van der Waals surface area contributed by atoms with Gasteiger partial charge in [-0.05, 0) is 36.1 Å². The van der Waals surface area contributed by atoms with Crippen molar-refractivity contribution < 1.29 is 18.7 Å². The summed E-state index contributed by atoms with van der Waals surface area (Å²) < 4.78 is 11.2. The highest BCUT2D eigenvalue weighted by Crippen LogP contribution is 2.32. The van der Waals surface area contributed by atoms with E-state index in [1.807, 2.05) is 18.2 Å². The van der Waals surface area contributed by atoms with Crippen LogP contribution in [0.25, 0.3) is 11.0 Å². The summed E-state index contributed by atoms with van der Waals surface area (Å²) in [6, 6.07) is 15.7. The van der Waals surface area contributed by atoms with Crippen molar-refractivity contribution in [1.29, 1.82) is 0 Å². The Balaban J connectivity index is 1.51. The number of hydrogen-bond donors (Lipinski definition) is 1. The minimum atomic E-state index is -0.222. The molecular formula is C24H26N2O4. The molecule has 156 valence electrons. The average molecular weight is 406 g/mol. The van der Waals surface area contributed by atoms with E-state index in [1.165, 1.54) is 5.56 Å². The predicted octanol–water partition coefficient (Wildman–Crippen LogP) is 4.04. The second-order valence-electron chi connectivity index (χ2n) is 7.43. The highest BCUT2D eigenvalue weighted by molar-refractivity contribution is 6.10. The summed E-state index contributed by atoms with van der Waals surface area (Å²) in [5.41, 5.74) is 3.43. The maximum Gasteiger partial charge on any atom is 0.291 e. The Hall–Kier alpha value is -3.12. The number of anilines is 1. The van der Waals surface area contributed by atoms with Crippen LogP contribution >= 0.6 is 0 Å². The fourth-order valence-electron chi connectivity index (χ4n) is 3.63. The van der Waals surface area contributed by atoms with Crippen molar-refractivity contribution in [3.8, 4) is 0 Å². The van der Waals surface area contributed by atoms with Crippen LogP contribution in [-0.2, 0) is 22.4 Å². The smallest absolute Gasteiger partial charge is 0.291 e. The minimum Gasteiger partial charge on any atom is -0.449 e. The molecule has 0 atom stereocenters. The van der Waals surface area contributed by atoms with Crippen LogP contribution in [0.1, 0.15) is 35.0 Å². The van der Waals surface area contributed by atoms with Crippen LogP contribution in [0.3, 0.4) is 0 Å². The van der Waals surface area contributed by atoms with Gasteiger partial charge in [0.05, 0.1) is 13.2 Å². The molecule has 1 aliphatic rings. The number of carbonyl (C=O) groups is 2. The van der Waals surface area contributed by atoms with Crippen molar-refractivity contribution >= 4 is 28.5 Å². The van der Waals surface area contributed by atoms with Gasteiger partial charge < -0.3 is 19.4 Å². The van der Waals surface area contributed by atoms with E-state index < -0.39 is 0 Å². The van der Waals surface area contributed by atoms with Gasteiger partial charge >= 0.3 is 0 Å². The number of fused-ring (bicyclic) bond motifs is 1. The molecule has 2 heterocycles. The molecule has 1 fully saturated rings. The van der Waals surface area contributed by atoms with Crippen LogP contribution in [0.2, 0.25) is 0 Å². The first-order valence-electron chi connectivity index (χ1n) is 10.4. The van der Waals surface area contributed by atoms with Gasteiger partial charge in [-0.2, -0.15) is 0 Å². The van der Waals surface area contributed by atoms with Crippen molar-refractivity contribution in [1.82, 2.24) is 4.90 Å². The number of nitrogens with zero attached hydrogens (tertiary/aromatic N) is 1. The van der Waals surface area contributed by atoms with Crippen molar-refractivity contribution in [2.24, 2.45) is 0 Å². The zero-order chi connectivity index (χ0) is 20.9. The molecule has 1 N–H and O–H groups in total. The summed E-state index contributed by atoms with van der Waals surface area (Å²) in [5.74, 6) is -0.184. The van der Waals surface area contributed by atoms with Gasteiger partial charge in [0.2, 0.25) is 11.7 Å². The zero-order valence-electron chi connectivity index (χ0n) is 17.1. The van der Waals surface area contributed by atoms with Gasteiger partial charge in [-0.15, -0.1) is 0 Å². The topological polar surface area (TPSA) is 71.8 Å². The van der Waals surface area contributed by atoms with Crippen LogP contribution in [0, 0.1) is 0 Å². The number of morpholine rings is 1. The first-order chi connectivity index (χ1) is 14.7. The van der Waals surface area contributed by atoms with Crippen LogP contribution < -0.4 is 5.32 Å². The second-order valence-corrected chi connectivity index (χ2v) is 7.43. The first kappa shape index (κ1) is 20.2. The molecular weight excluding hydrogens is 380 g/mol. The number of furan rings is 1. The summed E-state index contributed by atoms with van der Waals surface area (Å²) in [4.78, 5) is 27.4. The van der Waals surface area contributed by atoms with E-state index in [1.54, 1.807) is 11.0 Å². The molecule has 0 bridgehead atoms. The average Bonchev–Trinajstić information content (AvgIpc) is 3.16. The predicted molar refractivity (Wildman–Crippen MR) is 116 cm³/mol. The molecule has 3 aromatic rings. The van der Waals surface area contributed by atoms with Gasteiger partial charge in [0.1, 0.15) is 11.3 Å². The molecule has 1 saturated heterocycles. The molecule has 2 amide bonds. The molecule has 2 aromatic carbocycles. The summed E-state index contributed by atoms with van der Waals surface area (Å²) >= 11 is 0. The van der Waals surface area contributed by atoms with Gasteiger partial charge in [-0.1, -0.05) is 43.3 Å². The van der Waals surface area contributed by atoms with Crippen molar-refractivity contribution in [3.63, 3.8) is 0 Å². The molecule has 1 aliphatic heterocycles. The number of nitrogens with one attached hydrogen (secondary N) is 1. The summed E-state index contributed by atoms with van der Waals surface area (Å²) in [7, 11) is 0. The molecule has 0 saturated carbocycles. The number of benzene rings is 2. The van der Waals surface area contributed by atoms with Gasteiger partial charge in [-0.3, -0.25) is 9.59 Å². The molecule has 0 spiro atoms. The lowest BCUT2D eigenvalue weighted by atomic mass is 10.1. The molecule has 0 aliphatic carbocycles. The maximum atomic E-state index is 13.0. The molecule has 6 nitrogen and oxygen atoms in total. The van der Waals surface area contributed by atoms with E-state index in [0.717, 1.165) is 17.4 Å². The number of aryl methyl sites for hydroxylation is 2. The van der Waals surface area contributed by atoms with E-state index in [2.05, 4.69) is 36.5 Å². The lowest BCUT2D eigenvalue weighted by Gasteiger charge is -2.26. The Bertz CT molecular complexity index is 1030. The first-order valence-corrected chi connectivity index (χ1v) is 10.4. The minimum absolute atomic E-state index is 0.142. The SMILES string of the molecule is CCc1ccc(CCC(=O)Nc2c(C(=O)N3CCOCC3)oc3ccccc23)cc1.